The molecule has 2 aromatic rings. The van der Waals surface area contributed by atoms with Crippen molar-refractivity contribution in [2.24, 2.45) is 5.92 Å². The van der Waals surface area contributed by atoms with Gasteiger partial charge in [-0.15, -0.1) is 0 Å². The Hall–Kier alpha value is -2.09. The van der Waals surface area contributed by atoms with Gasteiger partial charge in [0.1, 0.15) is 0 Å². The van der Waals surface area contributed by atoms with Crippen molar-refractivity contribution in [3.8, 4) is 0 Å². The summed E-state index contributed by atoms with van der Waals surface area (Å²) in [7, 11) is 0. The van der Waals surface area contributed by atoms with Crippen LogP contribution < -0.4 is 4.90 Å². The number of benzene rings is 2. The maximum absolute atomic E-state index is 12.2. The van der Waals surface area contributed by atoms with Crippen LogP contribution in [0.25, 0.3) is 0 Å². The molecule has 1 amide bonds. The molecule has 19 heavy (non-hydrogen) atoms. The van der Waals surface area contributed by atoms with Crippen LogP contribution in [0.15, 0.2) is 54.6 Å². The van der Waals surface area contributed by atoms with Crippen molar-refractivity contribution in [2.45, 2.75) is 19.9 Å². The molecule has 2 heteroatoms. The average Bonchev–Trinajstić information content (AvgIpc) is 2.46. The molecule has 0 N–H and O–H groups in total. The Kier molecular flexibility index (Phi) is 2.86. The predicted molar refractivity (Wildman–Crippen MR) is 77.0 cm³/mol. The summed E-state index contributed by atoms with van der Waals surface area (Å²) in [4.78, 5) is 14.1. The lowest BCUT2D eigenvalue weighted by atomic mass is 9.83. The second-order valence-electron chi connectivity index (χ2n) is 5.19. The molecule has 1 aliphatic rings. The van der Waals surface area contributed by atoms with Gasteiger partial charge in [-0.2, -0.15) is 0 Å². The van der Waals surface area contributed by atoms with Crippen LogP contribution in [0.5, 0.6) is 0 Å². The molecular formula is C17H17NO. The molecule has 1 heterocycles. The van der Waals surface area contributed by atoms with Crippen molar-refractivity contribution >= 4 is 11.6 Å². The standard InChI is InChI=1S/C17H17NO/c1-12-8-10-15(11-9-12)18-16(13(2)17(18)19)14-6-4-3-5-7-14/h3-11,13,16H,1-2H3/t13-,16-/m0/s1. The Bertz CT molecular complexity index is 588. The summed E-state index contributed by atoms with van der Waals surface area (Å²) >= 11 is 0. The van der Waals surface area contributed by atoms with Gasteiger partial charge in [-0.1, -0.05) is 55.0 Å². The summed E-state index contributed by atoms with van der Waals surface area (Å²) in [6.45, 7) is 4.06. The molecule has 2 atom stereocenters. The Morgan fingerprint density at radius 3 is 2.21 bits per heavy atom. The first kappa shape index (κ1) is 12.0. The first-order valence-corrected chi connectivity index (χ1v) is 6.63. The highest BCUT2D eigenvalue weighted by Gasteiger charge is 2.45. The van der Waals surface area contributed by atoms with Gasteiger partial charge in [0, 0.05) is 5.69 Å². The SMILES string of the molecule is Cc1ccc(N2C(=O)[C@@H](C)[C@H]2c2ccccc2)cc1. The van der Waals surface area contributed by atoms with Crippen molar-refractivity contribution < 1.29 is 4.79 Å². The van der Waals surface area contributed by atoms with Crippen LogP contribution in [0.4, 0.5) is 5.69 Å². The zero-order valence-corrected chi connectivity index (χ0v) is 11.2. The summed E-state index contributed by atoms with van der Waals surface area (Å²) in [5, 5.41) is 0. The normalized spacial score (nSPS) is 22.2. The third-order valence-corrected chi connectivity index (χ3v) is 3.83. The molecule has 0 bridgehead atoms. The topological polar surface area (TPSA) is 20.3 Å². The fraction of sp³-hybridized carbons (Fsp3) is 0.235. The van der Waals surface area contributed by atoms with E-state index in [1.54, 1.807) is 0 Å². The van der Waals surface area contributed by atoms with Gasteiger partial charge in [0.25, 0.3) is 0 Å². The smallest absolute Gasteiger partial charge is 0.232 e. The first-order chi connectivity index (χ1) is 9.18. The van der Waals surface area contributed by atoms with E-state index in [0.29, 0.717) is 0 Å². The highest BCUT2D eigenvalue weighted by Crippen LogP contribution is 2.42. The number of carbonyl (C=O) groups excluding carboxylic acids is 1. The molecule has 0 radical (unpaired) electrons. The van der Waals surface area contributed by atoms with E-state index in [4.69, 9.17) is 0 Å². The zero-order chi connectivity index (χ0) is 13.4. The predicted octanol–water partition coefficient (Wildman–Crippen LogP) is 3.72. The second-order valence-corrected chi connectivity index (χ2v) is 5.19. The summed E-state index contributed by atoms with van der Waals surface area (Å²) in [5.41, 5.74) is 3.40. The lowest BCUT2D eigenvalue weighted by Gasteiger charge is -2.46. The molecule has 0 unspecified atom stereocenters. The third-order valence-electron chi connectivity index (χ3n) is 3.83. The van der Waals surface area contributed by atoms with Crippen LogP contribution in [-0.4, -0.2) is 5.91 Å². The Balaban J connectivity index is 1.96. The lowest BCUT2D eigenvalue weighted by molar-refractivity contribution is -0.129. The lowest BCUT2D eigenvalue weighted by Crippen LogP contribution is -2.54. The molecule has 0 aromatic heterocycles. The van der Waals surface area contributed by atoms with Crippen LogP contribution >= 0.6 is 0 Å². The van der Waals surface area contributed by atoms with Crippen molar-refractivity contribution in [3.05, 3.63) is 65.7 Å². The maximum Gasteiger partial charge on any atom is 0.232 e. The van der Waals surface area contributed by atoms with E-state index in [1.807, 2.05) is 54.3 Å². The largest absolute Gasteiger partial charge is 0.304 e. The van der Waals surface area contributed by atoms with E-state index in [-0.39, 0.29) is 17.9 Å². The van der Waals surface area contributed by atoms with Gasteiger partial charge >= 0.3 is 0 Å². The van der Waals surface area contributed by atoms with E-state index in [2.05, 4.69) is 19.1 Å². The van der Waals surface area contributed by atoms with Crippen LogP contribution in [0.2, 0.25) is 0 Å². The molecular weight excluding hydrogens is 234 g/mol. The third kappa shape index (κ3) is 1.93. The number of amides is 1. The van der Waals surface area contributed by atoms with Gasteiger partial charge in [-0.05, 0) is 24.6 Å². The fourth-order valence-corrected chi connectivity index (χ4v) is 2.71. The zero-order valence-electron chi connectivity index (χ0n) is 11.2. The minimum Gasteiger partial charge on any atom is -0.304 e. The van der Waals surface area contributed by atoms with E-state index in [0.717, 1.165) is 5.69 Å². The molecule has 2 aromatic carbocycles. The van der Waals surface area contributed by atoms with Crippen LogP contribution in [0, 0.1) is 12.8 Å². The summed E-state index contributed by atoms with van der Waals surface area (Å²) < 4.78 is 0. The summed E-state index contributed by atoms with van der Waals surface area (Å²) in [5.74, 6) is 0.265. The average molecular weight is 251 g/mol. The summed E-state index contributed by atoms with van der Waals surface area (Å²) in [6, 6.07) is 18.5. The fourth-order valence-electron chi connectivity index (χ4n) is 2.71. The molecule has 1 aliphatic heterocycles. The minimum absolute atomic E-state index is 0.0590. The molecule has 2 nitrogen and oxygen atoms in total. The number of rotatable bonds is 2. The van der Waals surface area contributed by atoms with Crippen LogP contribution in [0.1, 0.15) is 24.1 Å². The number of hydrogen-bond acceptors (Lipinski definition) is 1. The monoisotopic (exact) mass is 251 g/mol. The van der Waals surface area contributed by atoms with Crippen molar-refractivity contribution in [3.63, 3.8) is 0 Å². The summed E-state index contributed by atoms with van der Waals surface area (Å²) in [6.07, 6.45) is 0. The Morgan fingerprint density at radius 2 is 1.58 bits per heavy atom. The molecule has 1 fully saturated rings. The maximum atomic E-state index is 12.2. The second kappa shape index (κ2) is 4.54. The number of carbonyl (C=O) groups is 1. The number of nitrogens with zero attached hydrogens (tertiary/aromatic N) is 1. The molecule has 0 aliphatic carbocycles. The van der Waals surface area contributed by atoms with E-state index in [1.165, 1.54) is 11.1 Å². The van der Waals surface area contributed by atoms with Crippen molar-refractivity contribution in [2.75, 3.05) is 4.90 Å². The molecule has 0 spiro atoms. The molecule has 0 saturated carbocycles. The molecule has 1 saturated heterocycles. The van der Waals surface area contributed by atoms with Gasteiger partial charge in [0.2, 0.25) is 5.91 Å². The van der Waals surface area contributed by atoms with Gasteiger partial charge in [-0.3, -0.25) is 4.79 Å². The molecule has 96 valence electrons. The van der Waals surface area contributed by atoms with Gasteiger partial charge in [0.15, 0.2) is 0 Å². The Morgan fingerprint density at radius 1 is 0.947 bits per heavy atom. The van der Waals surface area contributed by atoms with E-state index in [9.17, 15) is 4.79 Å². The van der Waals surface area contributed by atoms with Gasteiger partial charge in [-0.25, -0.2) is 0 Å². The molecule has 3 rings (SSSR count). The van der Waals surface area contributed by atoms with Crippen molar-refractivity contribution in [1.29, 1.82) is 0 Å². The number of aryl methyl sites for hydroxylation is 1. The quantitative estimate of drug-likeness (QED) is 0.745. The number of β-lactam (4-membered cyclic amide) rings is 1. The minimum atomic E-state index is 0.0590. The number of hydrogen-bond donors (Lipinski definition) is 0. The van der Waals surface area contributed by atoms with Crippen LogP contribution in [0.3, 0.4) is 0 Å². The van der Waals surface area contributed by atoms with E-state index < -0.39 is 0 Å². The highest BCUT2D eigenvalue weighted by molar-refractivity contribution is 6.02. The first-order valence-electron chi connectivity index (χ1n) is 6.63. The van der Waals surface area contributed by atoms with Crippen LogP contribution in [-0.2, 0) is 4.79 Å². The highest BCUT2D eigenvalue weighted by atomic mass is 16.2. The Labute approximate surface area is 113 Å². The van der Waals surface area contributed by atoms with Crippen molar-refractivity contribution in [1.82, 2.24) is 0 Å². The van der Waals surface area contributed by atoms with Gasteiger partial charge in [0.05, 0.1) is 12.0 Å². The van der Waals surface area contributed by atoms with Gasteiger partial charge < -0.3 is 4.90 Å². The number of anilines is 1. The van der Waals surface area contributed by atoms with E-state index >= 15 is 0 Å².